The summed E-state index contributed by atoms with van der Waals surface area (Å²) in [5, 5.41) is 9.48. The second-order valence-corrected chi connectivity index (χ2v) is 5.57. The summed E-state index contributed by atoms with van der Waals surface area (Å²) in [4.78, 5) is 25.3. The van der Waals surface area contributed by atoms with Crippen LogP contribution in [0.25, 0.3) is 0 Å². The first-order chi connectivity index (χ1) is 10.5. The molecule has 5 nitrogen and oxygen atoms in total. The Bertz CT molecular complexity index is 714. The van der Waals surface area contributed by atoms with Crippen LogP contribution in [0.1, 0.15) is 19.3 Å². The van der Waals surface area contributed by atoms with Gasteiger partial charge in [0.05, 0.1) is 0 Å². The van der Waals surface area contributed by atoms with Crippen molar-refractivity contribution < 1.29 is 14.0 Å². The Hall–Kier alpha value is -2.68. The van der Waals surface area contributed by atoms with Crippen molar-refractivity contribution >= 4 is 17.5 Å². The summed E-state index contributed by atoms with van der Waals surface area (Å²) in [6, 6.07) is 7.32. The van der Waals surface area contributed by atoms with Crippen LogP contribution in [0.4, 0.5) is 10.1 Å². The van der Waals surface area contributed by atoms with Crippen molar-refractivity contribution in [3.8, 4) is 6.07 Å². The number of hydrogen-bond acceptors (Lipinski definition) is 3. The molecule has 2 N–H and O–H groups in total. The van der Waals surface area contributed by atoms with Gasteiger partial charge in [0.25, 0.3) is 0 Å². The number of anilines is 1. The molecule has 0 aromatic heterocycles. The maximum atomic E-state index is 13.1. The van der Waals surface area contributed by atoms with E-state index in [0.717, 1.165) is 18.4 Å². The van der Waals surface area contributed by atoms with E-state index in [1.807, 2.05) is 0 Å². The van der Waals surface area contributed by atoms with Gasteiger partial charge in [0, 0.05) is 5.69 Å². The molecule has 0 radical (unpaired) electrons. The number of allylic oxidation sites excluding steroid dienone is 2. The van der Waals surface area contributed by atoms with Crippen LogP contribution in [0.3, 0.4) is 0 Å². The van der Waals surface area contributed by atoms with E-state index in [4.69, 9.17) is 5.73 Å². The third kappa shape index (κ3) is 2.35. The molecule has 112 valence electrons. The van der Waals surface area contributed by atoms with Gasteiger partial charge in [-0.05, 0) is 55.0 Å². The largest absolute Gasteiger partial charge is 0.369 e. The fraction of sp³-hybridized carbons (Fsp3) is 0.312. The lowest BCUT2D eigenvalue weighted by Gasteiger charge is -2.32. The third-order valence-electron chi connectivity index (χ3n) is 4.07. The smallest absolute Gasteiger partial charge is 0.245 e. The zero-order chi connectivity index (χ0) is 15.9. The molecule has 1 heterocycles. The summed E-state index contributed by atoms with van der Waals surface area (Å²) >= 11 is 0. The zero-order valence-electron chi connectivity index (χ0n) is 11.8. The van der Waals surface area contributed by atoms with Gasteiger partial charge in [0.2, 0.25) is 11.8 Å². The molecule has 1 fully saturated rings. The molecular weight excluding hydrogens is 285 g/mol. The summed E-state index contributed by atoms with van der Waals surface area (Å²) in [6.45, 7) is 0. The number of carbonyl (C=O) groups excluding carboxylic acids is 2. The maximum absolute atomic E-state index is 13.1. The van der Waals surface area contributed by atoms with Crippen molar-refractivity contribution in [3.05, 3.63) is 41.4 Å². The number of carbonyl (C=O) groups is 2. The van der Waals surface area contributed by atoms with Crippen molar-refractivity contribution in [1.29, 1.82) is 5.26 Å². The number of benzene rings is 1. The molecule has 2 aliphatic rings. The molecule has 2 amide bonds. The maximum Gasteiger partial charge on any atom is 0.245 e. The van der Waals surface area contributed by atoms with Crippen LogP contribution in [0, 0.1) is 29.0 Å². The number of nitriles is 1. The van der Waals surface area contributed by atoms with E-state index in [1.165, 1.54) is 29.2 Å². The van der Waals surface area contributed by atoms with Crippen LogP contribution < -0.4 is 10.6 Å². The number of hydrogen-bond donors (Lipinski definition) is 1. The van der Waals surface area contributed by atoms with E-state index in [1.54, 1.807) is 0 Å². The van der Waals surface area contributed by atoms with Crippen LogP contribution in [-0.2, 0) is 9.59 Å². The minimum atomic E-state index is -0.974. The van der Waals surface area contributed by atoms with Gasteiger partial charge in [-0.3, -0.25) is 14.5 Å². The molecule has 1 saturated carbocycles. The van der Waals surface area contributed by atoms with E-state index in [0.29, 0.717) is 5.69 Å². The lowest BCUT2D eigenvalue weighted by atomic mass is 9.88. The van der Waals surface area contributed by atoms with Crippen LogP contribution in [0.5, 0.6) is 0 Å². The molecule has 1 aliphatic heterocycles. The molecule has 6 heteroatoms. The lowest BCUT2D eigenvalue weighted by Crippen LogP contribution is -2.45. The summed E-state index contributed by atoms with van der Waals surface area (Å²) in [7, 11) is 0. The topological polar surface area (TPSA) is 87.2 Å². The van der Waals surface area contributed by atoms with E-state index in [9.17, 15) is 19.2 Å². The van der Waals surface area contributed by atoms with Crippen molar-refractivity contribution in [2.45, 2.75) is 19.3 Å². The molecule has 22 heavy (non-hydrogen) atoms. The first kappa shape index (κ1) is 14.3. The molecule has 0 saturated heterocycles. The number of primary amides is 1. The van der Waals surface area contributed by atoms with Crippen LogP contribution in [0.15, 0.2) is 35.5 Å². The fourth-order valence-electron chi connectivity index (χ4n) is 2.80. The molecule has 3 rings (SSSR count). The van der Waals surface area contributed by atoms with Crippen LogP contribution >= 0.6 is 0 Å². The Kier molecular flexibility index (Phi) is 3.41. The zero-order valence-corrected chi connectivity index (χ0v) is 11.8. The predicted molar refractivity (Wildman–Crippen MR) is 76.6 cm³/mol. The Balaban J connectivity index is 2.12. The normalized spacial score (nSPS) is 21.7. The molecule has 1 unspecified atom stereocenters. The van der Waals surface area contributed by atoms with E-state index in [-0.39, 0.29) is 18.0 Å². The average Bonchev–Trinajstić information content (AvgIpc) is 3.32. The van der Waals surface area contributed by atoms with E-state index >= 15 is 0 Å². The van der Waals surface area contributed by atoms with Gasteiger partial charge < -0.3 is 5.73 Å². The highest BCUT2D eigenvalue weighted by atomic mass is 19.1. The Morgan fingerprint density at radius 3 is 2.45 bits per heavy atom. The Labute approximate surface area is 126 Å². The molecule has 0 bridgehead atoms. The highest BCUT2D eigenvalue weighted by Crippen LogP contribution is 2.45. The fourth-order valence-corrected chi connectivity index (χ4v) is 2.80. The molecule has 0 spiro atoms. The molecular formula is C16H14FN3O2. The van der Waals surface area contributed by atoms with Crippen molar-refractivity contribution in [1.82, 2.24) is 0 Å². The number of amides is 2. The van der Waals surface area contributed by atoms with Crippen LogP contribution in [-0.4, -0.2) is 11.8 Å². The summed E-state index contributed by atoms with van der Waals surface area (Å²) in [6.07, 6.45) is 2.09. The minimum absolute atomic E-state index is 0.208. The van der Waals surface area contributed by atoms with E-state index < -0.39 is 23.5 Å². The van der Waals surface area contributed by atoms with Gasteiger partial charge in [-0.25, -0.2) is 4.39 Å². The first-order valence-corrected chi connectivity index (χ1v) is 7.05. The third-order valence-corrected chi connectivity index (χ3v) is 4.07. The minimum Gasteiger partial charge on any atom is -0.369 e. The number of halogens is 1. The Morgan fingerprint density at radius 1 is 1.32 bits per heavy atom. The molecule has 1 aliphatic carbocycles. The van der Waals surface area contributed by atoms with Crippen molar-refractivity contribution in [2.75, 3.05) is 4.90 Å². The van der Waals surface area contributed by atoms with Gasteiger partial charge in [-0.15, -0.1) is 0 Å². The summed E-state index contributed by atoms with van der Waals surface area (Å²) in [5.74, 6) is -2.41. The predicted octanol–water partition coefficient (Wildman–Crippen LogP) is 1.85. The highest BCUT2D eigenvalue weighted by Gasteiger charge is 2.43. The number of rotatable bonds is 3. The monoisotopic (exact) mass is 299 g/mol. The molecule has 1 aromatic rings. The van der Waals surface area contributed by atoms with E-state index in [2.05, 4.69) is 6.07 Å². The Morgan fingerprint density at radius 2 is 1.95 bits per heavy atom. The van der Waals surface area contributed by atoms with Gasteiger partial charge in [-0.1, -0.05) is 0 Å². The number of nitrogens with zero attached hydrogens (tertiary/aromatic N) is 2. The van der Waals surface area contributed by atoms with Gasteiger partial charge in [0.15, 0.2) is 0 Å². The summed E-state index contributed by atoms with van der Waals surface area (Å²) < 4.78 is 13.1. The quantitative estimate of drug-likeness (QED) is 0.864. The van der Waals surface area contributed by atoms with Gasteiger partial charge >= 0.3 is 0 Å². The summed E-state index contributed by atoms with van der Waals surface area (Å²) in [5.41, 5.74) is 6.76. The average molecular weight is 299 g/mol. The molecule has 1 atom stereocenters. The van der Waals surface area contributed by atoms with Crippen LogP contribution in [0.2, 0.25) is 0 Å². The second kappa shape index (κ2) is 5.26. The van der Waals surface area contributed by atoms with Crippen molar-refractivity contribution in [3.63, 3.8) is 0 Å². The first-order valence-electron chi connectivity index (χ1n) is 7.05. The van der Waals surface area contributed by atoms with Gasteiger partial charge in [0.1, 0.15) is 23.5 Å². The van der Waals surface area contributed by atoms with Gasteiger partial charge in [-0.2, -0.15) is 5.26 Å². The molecule has 1 aromatic carbocycles. The highest BCUT2D eigenvalue weighted by molar-refractivity contribution is 6.10. The van der Waals surface area contributed by atoms with Crippen molar-refractivity contribution in [2.24, 2.45) is 17.6 Å². The standard InChI is InChI=1S/C16H14FN3O2/c17-10-3-5-11(6-4-10)20-14(8-18)12(9-1-2-9)7-13(15(19)21)16(20)22/h3-6,9,13H,1-2,7H2,(H2,19,21). The second-order valence-electron chi connectivity index (χ2n) is 5.57. The SMILES string of the molecule is N#CC1=C(C2CC2)CC(C(N)=O)C(=O)N1c1ccc(F)cc1. The number of nitrogens with two attached hydrogens (primary N) is 1. The lowest BCUT2D eigenvalue weighted by molar-refractivity contribution is -0.132.